The Morgan fingerprint density at radius 2 is 2.17 bits per heavy atom. The second kappa shape index (κ2) is 7.87. The molecule has 1 amide bonds. The van der Waals surface area contributed by atoms with Crippen molar-refractivity contribution in [2.24, 2.45) is 0 Å². The SMILES string of the molecule is COCC(C)n1cc(C(=O)NCCc2ccc(C)cn2)c(C)n1. The highest BCUT2D eigenvalue weighted by Gasteiger charge is 2.15. The van der Waals surface area contributed by atoms with Crippen LogP contribution in [0.4, 0.5) is 0 Å². The van der Waals surface area contributed by atoms with Gasteiger partial charge in [0, 0.05) is 38.2 Å². The minimum atomic E-state index is -0.106. The fourth-order valence-electron chi connectivity index (χ4n) is 2.29. The summed E-state index contributed by atoms with van der Waals surface area (Å²) in [7, 11) is 1.65. The Kier molecular flexibility index (Phi) is 5.87. The predicted molar refractivity (Wildman–Crippen MR) is 88.6 cm³/mol. The van der Waals surface area contributed by atoms with Crippen molar-refractivity contribution in [2.75, 3.05) is 20.3 Å². The molecule has 1 atom stereocenters. The summed E-state index contributed by atoms with van der Waals surface area (Å²) >= 11 is 0. The molecule has 1 unspecified atom stereocenters. The lowest BCUT2D eigenvalue weighted by Gasteiger charge is -2.09. The van der Waals surface area contributed by atoms with Gasteiger partial charge in [-0.2, -0.15) is 5.10 Å². The molecule has 0 aliphatic heterocycles. The zero-order chi connectivity index (χ0) is 16.8. The van der Waals surface area contributed by atoms with E-state index in [2.05, 4.69) is 15.4 Å². The molecule has 0 saturated heterocycles. The van der Waals surface area contributed by atoms with E-state index in [4.69, 9.17) is 4.74 Å². The second-order valence-electron chi connectivity index (χ2n) is 5.75. The van der Waals surface area contributed by atoms with Crippen LogP contribution in [-0.4, -0.2) is 40.9 Å². The number of pyridine rings is 1. The standard InChI is InChI=1S/C17H24N4O2/c1-12-5-6-15(19-9-12)7-8-18-17(22)16-10-21(20-14(16)3)13(2)11-23-4/h5-6,9-10,13H,7-8,11H2,1-4H3,(H,18,22). The molecule has 6 nitrogen and oxygen atoms in total. The first-order valence-electron chi connectivity index (χ1n) is 7.75. The summed E-state index contributed by atoms with van der Waals surface area (Å²) < 4.78 is 6.89. The number of nitrogens with zero attached hydrogens (tertiary/aromatic N) is 3. The predicted octanol–water partition coefficient (Wildman–Crippen LogP) is 2.07. The molecule has 6 heteroatoms. The van der Waals surface area contributed by atoms with Crippen molar-refractivity contribution in [3.8, 4) is 0 Å². The number of amides is 1. The molecule has 2 aromatic rings. The third-order valence-electron chi connectivity index (χ3n) is 3.66. The van der Waals surface area contributed by atoms with Gasteiger partial charge in [-0.05, 0) is 32.4 Å². The summed E-state index contributed by atoms with van der Waals surface area (Å²) in [5.74, 6) is -0.106. The number of ether oxygens (including phenoxy) is 1. The van der Waals surface area contributed by atoms with Crippen LogP contribution < -0.4 is 5.32 Å². The average molecular weight is 316 g/mol. The largest absolute Gasteiger partial charge is 0.382 e. The van der Waals surface area contributed by atoms with E-state index in [-0.39, 0.29) is 11.9 Å². The van der Waals surface area contributed by atoms with Gasteiger partial charge >= 0.3 is 0 Å². The molecule has 0 aromatic carbocycles. The highest BCUT2D eigenvalue weighted by atomic mass is 16.5. The van der Waals surface area contributed by atoms with Gasteiger partial charge in [-0.3, -0.25) is 14.5 Å². The van der Waals surface area contributed by atoms with Crippen molar-refractivity contribution in [1.29, 1.82) is 0 Å². The Morgan fingerprint density at radius 1 is 1.39 bits per heavy atom. The van der Waals surface area contributed by atoms with Crippen LogP contribution in [0.2, 0.25) is 0 Å². The molecule has 2 aromatic heterocycles. The van der Waals surface area contributed by atoms with Gasteiger partial charge in [0.25, 0.3) is 5.91 Å². The average Bonchev–Trinajstić information content (AvgIpc) is 2.91. The fourth-order valence-corrected chi connectivity index (χ4v) is 2.29. The van der Waals surface area contributed by atoms with Gasteiger partial charge in [0.05, 0.1) is 23.9 Å². The lowest BCUT2D eigenvalue weighted by atomic mass is 10.2. The first kappa shape index (κ1) is 17.1. The van der Waals surface area contributed by atoms with Crippen molar-refractivity contribution in [1.82, 2.24) is 20.1 Å². The number of aryl methyl sites for hydroxylation is 2. The highest BCUT2D eigenvalue weighted by molar-refractivity contribution is 5.95. The first-order valence-corrected chi connectivity index (χ1v) is 7.75. The monoisotopic (exact) mass is 316 g/mol. The van der Waals surface area contributed by atoms with Crippen LogP contribution in [0.15, 0.2) is 24.5 Å². The maximum absolute atomic E-state index is 12.3. The van der Waals surface area contributed by atoms with Crippen LogP contribution in [-0.2, 0) is 11.2 Å². The molecule has 0 radical (unpaired) electrons. The second-order valence-corrected chi connectivity index (χ2v) is 5.75. The van der Waals surface area contributed by atoms with Crippen molar-refractivity contribution >= 4 is 5.91 Å². The summed E-state index contributed by atoms with van der Waals surface area (Å²) in [5.41, 5.74) is 3.42. The molecule has 124 valence electrons. The van der Waals surface area contributed by atoms with E-state index in [1.165, 1.54) is 0 Å². The van der Waals surface area contributed by atoms with Crippen molar-refractivity contribution in [3.63, 3.8) is 0 Å². The Hall–Kier alpha value is -2.21. The van der Waals surface area contributed by atoms with Crippen LogP contribution in [0.3, 0.4) is 0 Å². The van der Waals surface area contributed by atoms with E-state index in [0.717, 1.165) is 17.0 Å². The van der Waals surface area contributed by atoms with E-state index in [1.54, 1.807) is 18.0 Å². The van der Waals surface area contributed by atoms with Crippen LogP contribution >= 0.6 is 0 Å². The Balaban J connectivity index is 1.91. The van der Waals surface area contributed by atoms with Gasteiger partial charge in [0.15, 0.2) is 0 Å². The van der Waals surface area contributed by atoms with E-state index in [0.29, 0.717) is 25.1 Å². The number of carbonyl (C=O) groups excluding carboxylic acids is 1. The molecule has 0 aliphatic rings. The normalized spacial score (nSPS) is 12.2. The lowest BCUT2D eigenvalue weighted by molar-refractivity contribution is 0.0953. The number of rotatable bonds is 7. The molecule has 1 N–H and O–H groups in total. The molecule has 0 spiro atoms. The Morgan fingerprint density at radius 3 is 2.83 bits per heavy atom. The smallest absolute Gasteiger partial charge is 0.254 e. The minimum Gasteiger partial charge on any atom is -0.382 e. The number of carbonyl (C=O) groups is 1. The number of nitrogens with one attached hydrogen (secondary N) is 1. The third-order valence-corrected chi connectivity index (χ3v) is 3.66. The summed E-state index contributed by atoms with van der Waals surface area (Å²) in [6.07, 6.45) is 4.32. The molecule has 0 fully saturated rings. The minimum absolute atomic E-state index is 0.0945. The Labute approximate surface area is 136 Å². The topological polar surface area (TPSA) is 69.0 Å². The van der Waals surface area contributed by atoms with Crippen LogP contribution in [0.5, 0.6) is 0 Å². The summed E-state index contributed by atoms with van der Waals surface area (Å²) in [6, 6.07) is 4.10. The molecule has 2 rings (SSSR count). The maximum atomic E-state index is 12.3. The number of methoxy groups -OCH3 is 1. The fraction of sp³-hybridized carbons (Fsp3) is 0.471. The van der Waals surface area contributed by atoms with Gasteiger partial charge in [-0.15, -0.1) is 0 Å². The van der Waals surface area contributed by atoms with Crippen molar-refractivity contribution in [2.45, 2.75) is 33.2 Å². The first-order chi connectivity index (χ1) is 11.0. The molecule has 0 saturated carbocycles. The quantitative estimate of drug-likeness (QED) is 0.849. The van der Waals surface area contributed by atoms with Gasteiger partial charge < -0.3 is 10.1 Å². The molecule has 23 heavy (non-hydrogen) atoms. The van der Waals surface area contributed by atoms with E-state index in [1.807, 2.05) is 39.1 Å². The number of hydrogen-bond donors (Lipinski definition) is 1. The van der Waals surface area contributed by atoms with E-state index >= 15 is 0 Å². The van der Waals surface area contributed by atoms with Gasteiger partial charge in [0.1, 0.15) is 0 Å². The maximum Gasteiger partial charge on any atom is 0.254 e. The summed E-state index contributed by atoms with van der Waals surface area (Å²) in [6.45, 7) is 6.95. The van der Waals surface area contributed by atoms with E-state index in [9.17, 15) is 4.79 Å². The van der Waals surface area contributed by atoms with Gasteiger partial charge in [0.2, 0.25) is 0 Å². The van der Waals surface area contributed by atoms with Crippen molar-refractivity contribution in [3.05, 3.63) is 47.0 Å². The molecule has 2 heterocycles. The van der Waals surface area contributed by atoms with Crippen LogP contribution in [0, 0.1) is 13.8 Å². The Bertz CT molecular complexity index is 649. The summed E-state index contributed by atoms with van der Waals surface area (Å²) in [4.78, 5) is 16.6. The van der Waals surface area contributed by atoms with Gasteiger partial charge in [-0.1, -0.05) is 6.07 Å². The zero-order valence-electron chi connectivity index (χ0n) is 14.2. The molecule has 0 bridgehead atoms. The lowest BCUT2D eigenvalue weighted by Crippen LogP contribution is -2.26. The van der Waals surface area contributed by atoms with Crippen molar-refractivity contribution < 1.29 is 9.53 Å². The third kappa shape index (κ3) is 4.63. The van der Waals surface area contributed by atoms with Crippen LogP contribution in [0.25, 0.3) is 0 Å². The number of aromatic nitrogens is 3. The van der Waals surface area contributed by atoms with E-state index < -0.39 is 0 Å². The number of hydrogen-bond acceptors (Lipinski definition) is 4. The molecule has 0 aliphatic carbocycles. The van der Waals surface area contributed by atoms with Gasteiger partial charge in [-0.25, -0.2) is 0 Å². The zero-order valence-corrected chi connectivity index (χ0v) is 14.2. The summed E-state index contributed by atoms with van der Waals surface area (Å²) in [5, 5.41) is 7.31. The van der Waals surface area contributed by atoms with Crippen LogP contribution in [0.1, 0.15) is 40.3 Å². The highest BCUT2D eigenvalue weighted by Crippen LogP contribution is 2.11. The molecular weight excluding hydrogens is 292 g/mol. The molecular formula is C17H24N4O2.